The highest BCUT2D eigenvalue weighted by atomic mass is 16.5. The van der Waals surface area contributed by atoms with Gasteiger partial charge in [-0.05, 0) is 31.2 Å². The molecule has 1 saturated heterocycles. The van der Waals surface area contributed by atoms with Crippen molar-refractivity contribution in [1.82, 2.24) is 5.32 Å². The summed E-state index contributed by atoms with van der Waals surface area (Å²) in [5.74, 6) is -0.315. The highest BCUT2D eigenvalue weighted by Gasteiger charge is 2.45. The van der Waals surface area contributed by atoms with Gasteiger partial charge in [0.25, 0.3) is 0 Å². The number of nitrogens with two attached hydrogens (primary N) is 1. The van der Waals surface area contributed by atoms with E-state index in [0.29, 0.717) is 32.6 Å². The molecular weight excluding hydrogens is 304 g/mol. The third kappa shape index (κ3) is 3.05. The van der Waals surface area contributed by atoms with Crippen molar-refractivity contribution in [3.63, 3.8) is 0 Å². The number of carbonyl (C=O) groups excluding carboxylic acids is 2. The number of nitrogens with one attached hydrogen (secondary N) is 1. The first-order valence-corrected chi connectivity index (χ1v) is 8.81. The Morgan fingerprint density at radius 2 is 1.67 bits per heavy atom. The van der Waals surface area contributed by atoms with Crippen molar-refractivity contribution in [2.75, 3.05) is 19.8 Å². The Kier molecular flexibility index (Phi) is 4.90. The van der Waals surface area contributed by atoms with Crippen LogP contribution in [0.4, 0.5) is 0 Å². The Labute approximate surface area is 142 Å². The van der Waals surface area contributed by atoms with Crippen molar-refractivity contribution in [2.45, 2.75) is 43.9 Å². The monoisotopic (exact) mass is 330 g/mol. The van der Waals surface area contributed by atoms with Crippen LogP contribution in [0.5, 0.6) is 0 Å². The van der Waals surface area contributed by atoms with E-state index >= 15 is 0 Å². The molecule has 0 radical (unpaired) electrons. The summed E-state index contributed by atoms with van der Waals surface area (Å²) >= 11 is 0. The van der Waals surface area contributed by atoms with Gasteiger partial charge in [-0.1, -0.05) is 43.2 Å². The molecule has 1 heterocycles. The number of primary amides is 1. The van der Waals surface area contributed by atoms with Crippen LogP contribution in [0, 0.1) is 5.41 Å². The first-order chi connectivity index (χ1) is 11.6. The summed E-state index contributed by atoms with van der Waals surface area (Å²) in [4.78, 5) is 25.1. The summed E-state index contributed by atoms with van der Waals surface area (Å²) in [7, 11) is 0. The van der Waals surface area contributed by atoms with Crippen molar-refractivity contribution >= 4 is 11.8 Å². The van der Waals surface area contributed by atoms with E-state index in [4.69, 9.17) is 10.5 Å². The molecule has 1 aromatic carbocycles. The van der Waals surface area contributed by atoms with Crippen molar-refractivity contribution in [2.24, 2.45) is 11.1 Å². The van der Waals surface area contributed by atoms with Crippen molar-refractivity contribution in [1.29, 1.82) is 0 Å². The second-order valence-electron chi connectivity index (χ2n) is 7.09. The van der Waals surface area contributed by atoms with Gasteiger partial charge in [-0.2, -0.15) is 0 Å². The smallest absolute Gasteiger partial charge is 0.230 e. The fourth-order valence-corrected chi connectivity index (χ4v) is 4.07. The average Bonchev–Trinajstić information content (AvgIpc) is 3.12. The van der Waals surface area contributed by atoms with Crippen LogP contribution in [0.2, 0.25) is 0 Å². The molecule has 0 atom stereocenters. The molecule has 2 amide bonds. The van der Waals surface area contributed by atoms with Crippen LogP contribution in [0.15, 0.2) is 30.3 Å². The molecule has 0 bridgehead atoms. The Morgan fingerprint density at radius 1 is 1.04 bits per heavy atom. The second-order valence-corrected chi connectivity index (χ2v) is 7.09. The molecule has 2 fully saturated rings. The van der Waals surface area contributed by atoms with Crippen LogP contribution < -0.4 is 11.1 Å². The number of carbonyl (C=O) groups is 2. The van der Waals surface area contributed by atoms with E-state index in [2.05, 4.69) is 5.32 Å². The third-order valence-corrected chi connectivity index (χ3v) is 5.78. The van der Waals surface area contributed by atoms with Crippen molar-refractivity contribution < 1.29 is 14.3 Å². The molecule has 0 aromatic heterocycles. The van der Waals surface area contributed by atoms with Gasteiger partial charge < -0.3 is 15.8 Å². The van der Waals surface area contributed by atoms with Crippen LogP contribution in [0.25, 0.3) is 0 Å². The number of hydrogen-bond donors (Lipinski definition) is 2. The SMILES string of the molecule is NC(=O)C1(CNC(=O)C2(c3ccccc3)CCCC2)CCOCC1. The van der Waals surface area contributed by atoms with Gasteiger partial charge in [0.15, 0.2) is 0 Å². The van der Waals surface area contributed by atoms with Gasteiger partial charge in [0.1, 0.15) is 0 Å². The lowest BCUT2D eigenvalue weighted by Crippen LogP contribution is -2.52. The molecule has 0 unspecified atom stereocenters. The zero-order valence-corrected chi connectivity index (χ0v) is 14.1. The van der Waals surface area contributed by atoms with Crippen LogP contribution in [0.3, 0.4) is 0 Å². The lowest BCUT2D eigenvalue weighted by Gasteiger charge is -2.36. The molecule has 1 aromatic rings. The van der Waals surface area contributed by atoms with Gasteiger partial charge in [0.2, 0.25) is 11.8 Å². The van der Waals surface area contributed by atoms with Crippen molar-refractivity contribution in [3.05, 3.63) is 35.9 Å². The van der Waals surface area contributed by atoms with Crippen LogP contribution in [-0.4, -0.2) is 31.6 Å². The van der Waals surface area contributed by atoms with Gasteiger partial charge >= 0.3 is 0 Å². The topological polar surface area (TPSA) is 81.4 Å². The third-order valence-electron chi connectivity index (χ3n) is 5.78. The molecule has 130 valence electrons. The van der Waals surface area contributed by atoms with E-state index in [-0.39, 0.29) is 11.8 Å². The van der Waals surface area contributed by atoms with Gasteiger partial charge in [0, 0.05) is 19.8 Å². The molecular formula is C19H26N2O3. The van der Waals surface area contributed by atoms with E-state index in [0.717, 1.165) is 31.2 Å². The quantitative estimate of drug-likeness (QED) is 0.865. The molecule has 5 heteroatoms. The number of rotatable bonds is 5. The van der Waals surface area contributed by atoms with Crippen LogP contribution in [0.1, 0.15) is 44.1 Å². The fourth-order valence-electron chi connectivity index (χ4n) is 4.07. The molecule has 0 spiro atoms. The van der Waals surface area contributed by atoms with E-state index in [1.807, 2.05) is 30.3 Å². The van der Waals surface area contributed by atoms with Gasteiger partial charge in [0.05, 0.1) is 10.8 Å². The maximum absolute atomic E-state index is 13.1. The second kappa shape index (κ2) is 6.93. The van der Waals surface area contributed by atoms with Gasteiger partial charge in [-0.3, -0.25) is 9.59 Å². The van der Waals surface area contributed by atoms with E-state index < -0.39 is 10.8 Å². The largest absolute Gasteiger partial charge is 0.381 e. The highest BCUT2D eigenvalue weighted by Crippen LogP contribution is 2.41. The molecule has 3 N–H and O–H groups in total. The normalized spacial score (nSPS) is 22.0. The predicted octanol–water partition coefficient (Wildman–Crippen LogP) is 1.90. The van der Waals surface area contributed by atoms with E-state index in [9.17, 15) is 9.59 Å². The van der Waals surface area contributed by atoms with Crippen LogP contribution in [-0.2, 0) is 19.7 Å². The Hall–Kier alpha value is -1.88. The highest BCUT2D eigenvalue weighted by molar-refractivity contribution is 5.89. The average molecular weight is 330 g/mol. The first kappa shape index (κ1) is 17.0. The maximum atomic E-state index is 13.1. The molecule has 1 saturated carbocycles. The Bertz CT molecular complexity index is 588. The van der Waals surface area contributed by atoms with Gasteiger partial charge in [-0.15, -0.1) is 0 Å². The summed E-state index contributed by atoms with van der Waals surface area (Å²) < 4.78 is 5.35. The standard InChI is InChI=1S/C19H26N2O3/c20-16(22)18(10-12-24-13-11-18)14-21-17(23)19(8-4-5-9-19)15-6-2-1-3-7-15/h1-3,6-7H,4-5,8-14H2,(H2,20,22)(H,21,23). The summed E-state index contributed by atoms with van der Waals surface area (Å²) in [5, 5.41) is 3.06. The van der Waals surface area contributed by atoms with Gasteiger partial charge in [-0.25, -0.2) is 0 Å². The number of amides is 2. The molecule has 3 rings (SSSR count). The zero-order valence-electron chi connectivity index (χ0n) is 14.1. The minimum absolute atomic E-state index is 0.0262. The predicted molar refractivity (Wildman–Crippen MR) is 91.3 cm³/mol. The number of benzene rings is 1. The lowest BCUT2D eigenvalue weighted by molar-refractivity contribution is -0.135. The minimum atomic E-state index is -0.676. The summed E-state index contributed by atoms with van der Waals surface area (Å²) in [5.41, 5.74) is 5.57. The van der Waals surface area contributed by atoms with Crippen LogP contribution >= 0.6 is 0 Å². The Morgan fingerprint density at radius 3 is 2.25 bits per heavy atom. The van der Waals surface area contributed by atoms with E-state index in [1.54, 1.807) is 0 Å². The fraction of sp³-hybridized carbons (Fsp3) is 0.579. The van der Waals surface area contributed by atoms with E-state index in [1.165, 1.54) is 0 Å². The first-order valence-electron chi connectivity index (χ1n) is 8.81. The Balaban J connectivity index is 1.76. The molecule has 5 nitrogen and oxygen atoms in total. The molecule has 1 aliphatic heterocycles. The minimum Gasteiger partial charge on any atom is -0.381 e. The summed E-state index contributed by atoms with van der Waals surface area (Å²) in [6.45, 7) is 1.34. The number of hydrogen-bond acceptors (Lipinski definition) is 3. The number of ether oxygens (including phenoxy) is 1. The molecule has 2 aliphatic rings. The summed E-state index contributed by atoms with van der Waals surface area (Å²) in [6, 6.07) is 9.98. The molecule has 24 heavy (non-hydrogen) atoms. The lowest BCUT2D eigenvalue weighted by atomic mass is 9.76. The zero-order chi connectivity index (χ0) is 17.0. The summed E-state index contributed by atoms with van der Waals surface area (Å²) in [6.07, 6.45) is 4.96. The molecule has 1 aliphatic carbocycles. The maximum Gasteiger partial charge on any atom is 0.230 e. The van der Waals surface area contributed by atoms with Crippen molar-refractivity contribution in [3.8, 4) is 0 Å².